The SMILES string of the molecule is O=C(NCc1cccnc1)C1CCN(c2ccc(-c3ccc(Br)s3)nn2)CC1. The Bertz CT molecular complexity index is 923. The normalized spacial score (nSPS) is 14.8. The summed E-state index contributed by atoms with van der Waals surface area (Å²) >= 11 is 5.12. The summed E-state index contributed by atoms with van der Waals surface area (Å²) in [7, 11) is 0. The number of carbonyl (C=O) groups is 1. The predicted octanol–water partition coefficient (Wildman–Crippen LogP) is 3.90. The van der Waals surface area contributed by atoms with E-state index in [0.29, 0.717) is 6.54 Å². The summed E-state index contributed by atoms with van der Waals surface area (Å²) < 4.78 is 1.08. The number of amides is 1. The molecular weight excluding hydrogens is 438 g/mol. The van der Waals surface area contributed by atoms with Crippen LogP contribution < -0.4 is 10.2 Å². The molecule has 0 atom stereocenters. The summed E-state index contributed by atoms with van der Waals surface area (Å²) in [5.74, 6) is 1.03. The summed E-state index contributed by atoms with van der Waals surface area (Å²) in [5, 5.41) is 11.8. The molecule has 0 spiro atoms. The van der Waals surface area contributed by atoms with Crippen molar-refractivity contribution in [3.63, 3.8) is 0 Å². The molecule has 1 fully saturated rings. The average Bonchev–Trinajstić information content (AvgIpc) is 3.19. The van der Waals surface area contributed by atoms with Gasteiger partial charge >= 0.3 is 0 Å². The fraction of sp³-hybridized carbons (Fsp3) is 0.300. The van der Waals surface area contributed by atoms with Gasteiger partial charge in [0.25, 0.3) is 0 Å². The zero-order valence-corrected chi connectivity index (χ0v) is 17.6. The minimum Gasteiger partial charge on any atom is -0.355 e. The molecule has 6 nitrogen and oxygen atoms in total. The second kappa shape index (κ2) is 8.79. The highest BCUT2D eigenvalue weighted by Gasteiger charge is 2.25. The second-order valence-electron chi connectivity index (χ2n) is 6.72. The van der Waals surface area contributed by atoms with Crippen molar-refractivity contribution in [3.8, 4) is 10.6 Å². The summed E-state index contributed by atoms with van der Waals surface area (Å²) in [6.45, 7) is 2.14. The Morgan fingerprint density at radius 1 is 1.18 bits per heavy atom. The van der Waals surface area contributed by atoms with E-state index in [-0.39, 0.29) is 11.8 Å². The van der Waals surface area contributed by atoms with Crippen molar-refractivity contribution < 1.29 is 4.79 Å². The number of rotatable bonds is 5. The lowest BCUT2D eigenvalue weighted by atomic mass is 9.96. The van der Waals surface area contributed by atoms with Crippen molar-refractivity contribution >= 4 is 39.0 Å². The lowest BCUT2D eigenvalue weighted by molar-refractivity contribution is -0.125. The van der Waals surface area contributed by atoms with Crippen molar-refractivity contribution in [3.05, 3.63) is 58.1 Å². The number of aromatic nitrogens is 3. The maximum absolute atomic E-state index is 12.4. The van der Waals surface area contributed by atoms with Gasteiger partial charge in [0.05, 0.1) is 8.66 Å². The third-order valence-electron chi connectivity index (χ3n) is 4.86. The van der Waals surface area contributed by atoms with E-state index in [1.54, 1.807) is 23.7 Å². The molecule has 1 aliphatic rings. The second-order valence-corrected chi connectivity index (χ2v) is 9.18. The molecular formula is C20H20BrN5OS. The third-order valence-corrected chi connectivity index (χ3v) is 6.50. The van der Waals surface area contributed by atoms with Gasteiger partial charge in [-0.1, -0.05) is 6.07 Å². The van der Waals surface area contributed by atoms with Crippen molar-refractivity contribution in [1.29, 1.82) is 0 Å². The zero-order chi connectivity index (χ0) is 19.3. The number of nitrogens with zero attached hydrogens (tertiary/aromatic N) is 4. The van der Waals surface area contributed by atoms with Crippen molar-refractivity contribution in [1.82, 2.24) is 20.5 Å². The number of hydrogen-bond donors (Lipinski definition) is 1. The van der Waals surface area contributed by atoms with Crippen LogP contribution in [0.2, 0.25) is 0 Å². The minimum absolute atomic E-state index is 0.0450. The molecule has 1 saturated heterocycles. The Labute approximate surface area is 176 Å². The van der Waals surface area contributed by atoms with Gasteiger partial charge < -0.3 is 10.2 Å². The Morgan fingerprint density at radius 2 is 2.04 bits per heavy atom. The maximum Gasteiger partial charge on any atom is 0.223 e. The molecule has 144 valence electrons. The van der Waals surface area contributed by atoms with Crippen LogP contribution in [0.1, 0.15) is 18.4 Å². The monoisotopic (exact) mass is 457 g/mol. The molecule has 4 rings (SSSR count). The molecule has 0 unspecified atom stereocenters. The van der Waals surface area contributed by atoms with Gasteiger partial charge in [0.1, 0.15) is 5.69 Å². The molecule has 4 heterocycles. The molecule has 0 radical (unpaired) electrons. The van der Waals surface area contributed by atoms with E-state index in [2.05, 4.69) is 41.3 Å². The smallest absolute Gasteiger partial charge is 0.223 e. The molecule has 28 heavy (non-hydrogen) atoms. The number of piperidine rings is 1. The van der Waals surface area contributed by atoms with E-state index < -0.39 is 0 Å². The Morgan fingerprint density at radius 3 is 2.68 bits per heavy atom. The van der Waals surface area contributed by atoms with Crippen molar-refractivity contribution in [2.24, 2.45) is 5.92 Å². The van der Waals surface area contributed by atoms with Gasteiger partial charge in [-0.3, -0.25) is 9.78 Å². The highest BCUT2D eigenvalue weighted by atomic mass is 79.9. The maximum atomic E-state index is 12.4. The van der Waals surface area contributed by atoms with Crippen LogP contribution in [0, 0.1) is 5.92 Å². The highest BCUT2D eigenvalue weighted by Crippen LogP contribution is 2.30. The van der Waals surface area contributed by atoms with Gasteiger partial charge in [0, 0.05) is 37.9 Å². The largest absolute Gasteiger partial charge is 0.355 e. The predicted molar refractivity (Wildman–Crippen MR) is 114 cm³/mol. The quantitative estimate of drug-likeness (QED) is 0.628. The molecule has 1 aliphatic heterocycles. The molecule has 0 bridgehead atoms. The van der Waals surface area contributed by atoms with Crippen molar-refractivity contribution in [2.45, 2.75) is 19.4 Å². The van der Waals surface area contributed by atoms with Gasteiger partial charge in [-0.15, -0.1) is 21.5 Å². The number of pyridine rings is 1. The lowest BCUT2D eigenvalue weighted by Gasteiger charge is -2.31. The van der Waals surface area contributed by atoms with E-state index in [1.807, 2.05) is 36.4 Å². The van der Waals surface area contributed by atoms with Crippen molar-refractivity contribution in [2.75, 3.05) is 18.0 Å². The first kappa shape index (κ1) is 19.0. The van der Waals surface area contributed by atoms with E-state index in [1.165, 1.54) is 0 Å². The molecule has 0 aliphatic carbocycles. The fourth-order valence-corrected chi connectivity index (χ4v) is 4.64. The Hall–Kier alpha value is -2.32. The zero-order valence-electron chi connectivity index (χ0n) is 15.2. The van der Waals surface area contributed by atoms with E-state index in [9.17, 15) is 4.79 Å². The fourth-order valence-electron chi connectivity index (χ4n) is 3.28. The Kier molecular flexibility index (Phi) is 5.97. The van der Waals surface area contributed by atoms with Crippen LogP contribution >= 0.6 is 27.3 Å². The van der Waals surface area contributed by atoms with E-state index in [4.69, 9.17) is 0 Å². The van der Waals surface area contributed by atoms with E-state index >= 15 is 0 Å². The molecule has 1 N–H and O–H groups in total. The van der Waals surface area contributed by atoms with Gasteiger partial charge in [0.2, 0.25) is 5.91 Å². The van der Waals surface area contributed by atoms with Crippen LogP contribution in [0.5, 0.6) is 0 Å². The topological polar surface area (TPSA) is 71.0 Å². The number of nitrogens with one attached hydrogen (secondary N) is 1. The third kappa shape index (κ3) is 4.56. The van der Waals surface area contributed by atoms with Crippen LogP contribution in [0.3, 0.4) is 0 Å². The molecule has 3 aromatic rings. The summed E-state index contributed by atoms with van der Waals surface area (Å²) in [4.78, 5) is 19.8. The van der Waals surface area contributed by atoms with Gasteiger partial charge in [0.15, 0.2) is 5.82 Å². The van der Waals surface area contributed by atoms with E-state index in [0.717, 1.165) is 51.7 Å². The molecule has 3 aromatic heterocycles. The Balaban J connectivity index is 1.29. The number of carbonyl (C=O) groups excluding carboxylic acids is 1. The molecule has 1 amide bonds. The minimum atomic E-state index is 0.0450. The van der Waals surface area contributed by atoms with Crippen LogP contribution in [-0.2, 0) is 11.3 Å². The summed E-state index contributed by atoms with van der Waals surface area (Å²) in [6.07, 6.45) is 5.15. The highest BCUT2D eigenvalue weighted by molar-refractivity contribution is 9.11. The summed E-state index contributed by atoms with van der Waals surface area (Å²) in [5.41, 5.74) is 1.89. The van der Waals surface area contributed by atoms with Crippen LogP contribution in [0.25, 0.3) is 10.6 Å². The number of halogens is 1. The number of hydrogen-bond acceptors (Lipinski definition) is 6. The standard InChI is InChI=1S/C20H20BrN5OS/c21-18-5-4-17(28-18)16-3-6-19(25-24-16)26-10-7-15(8-11-26)20(27)23-13-14-2-1-9-22-12-14/h1-6,9,12,15H,7-8,10-11,13H2,(H,23,27). The first-order valence-electron chi connectivity index (χ1n) is 9.20. The van der Waals surface area contributed by atoms with Gasteiger partial charge in [-0.05, 0) is 64.7 Å². The average molecular weight is 458 g/mol. The molecule has 8 heteroatoms. The van der Waals surface area contributed by atoms with Gasteiger partial charge in [-0.25, -0.2) is 0 Å². The number of thiophene rings is 1. The van der Waals surface area contributed by atoms with Crippen LogP contribution in [0.4, 0.5) is 5.82 Å². The molecule has 0 saturated carbocycles. The summed E-state index contributed by atoms with van der Waals surface area (Å²) in [6, 6.07) is 11.9. The first-order valence-corrected chi connectivity index (χ1v) is 10.8. The van der Waals surface area contributed by atoms with Gasteiger partial charge in [-0.2, -0.15) is 0 Å². The number of anilines is 1. The van der Waals surface area contributed by atoms with Crippen LogP contribution in [-0.4, -0.2) is 34.2 Å². The molecule has 0 aromatic carbocycles. The van der Waals surface area contributed by atoms with Crippen LogP contribution in [0.15, 0.2) is 52.6 Å². The lowest BCUT2D eigenvalue weighted by Crippen LogP contribution is -2.40. The first-order chi connectivity index (χ1) is 13.7.